The standard InChI is InChI=1S/C23H24F3N5O3/c1-13(29-15-10-17(24)21(26)18(25)11-15)16-8-14(23(33)27-2-5-32)9-19-22(16)30-20(12-28-19)31-3-6-34-7-4-31/h8-13,29,32H,2-7H2,1H3,(H,27,33). The van der Waals surface area contributed by atoms with Gasteiger partial charge in [0.25, 0.3) is 5.91 Å². The maximum atomic E-state index is 13.7. The van der Waals surface area contributed by atoms with Crippen molar-refractivity contribution < 1.29 is 27.8 Å². The predicted octanol–water partition coefficient (Wildman–Crippen LogP) is 2.78. The summed E-state index contributed by atoms with van der Waals surface area (Å²) in [4.78, 5) is 23.9. The molecule has 0 bridgehead atoms. The number of benzene rings is 2. The zero-order valence-corrected chi connectivity index (χ0v) is 18.4. The lowest BCUT2D eigenvalue weighted by Crippen LogP contribution is -2.36. The molecule has 1 fully saturated rings. The lowest BCUT2D eigenvalue weighted by atomic mass is 10.0. The van der Waals surface area contributed by atoms with Crippen LogP contribution < -0.4 is 15.5 Å². The molecule has 4 rings (SSSR count). The Balaban J connectivity index is 1.75. The molecule has 1 aliphatic rings. The van der Waals surface area contributed by atoms with Crippen molar-refractivity contribution >= 4 is 28.4 Å². The van der Waals surface area contributed by atoms with Crippen molar-refractivity contribution in [2.75, 3.05) is 49.7 Å². The van der Waals surface area contributed by atoms with Gasteiger partial charge < -0.3 is 25.4 Å². The third-order valence-corrected chi connectivity index (χ3v) is 5.49. The van der Waals surface area contributed by atoms with Gasteiger partial charge in [0.1, 0.15) is 5.82 Å². The highest BCUT2D eigenvalue weighted by atomic mass is 19.2. The normalized spacial score (nSPS) is 14.8. The largest absolute Gasteiger partial charge is 0.395 e. The van der Waals surface area contributed by atoms with E-state index in [1.807, 2.05) is 4.90 Å². The molecule has 2 aromatic carbocycles. The maximum Gasteiger partial charge on any atom is 0.251 e. The van der Waals surface area contributed by atoms with E-state index in [-0.39, 0.29) is 24.4 Å². The van der Waals surface area contributed by atoms with E-state index in [9.17, 15) is 18.0 Å². The number of hydrogen-bond acceptors (Lipinski definition) is 7. The number of morpholine rings is 1. The van der Waals surface area contributed by atoms with Crippen molar-refractivity contribution in [2.24, 2.45) is 0 Å². The minimum atomic E-state index is -1.55. The number of aliphatic hydroxyl groups excluding tert-OH is 1. The summed E-state index contributed by atoms with van der Waals surface area (Å²) in [6.07, 6.45) is 1.62. The first-order valence-electron chi connectivity index (χ1n) is 10.8. The van der Waals surface area contributed by atoms with E-state index in [0.717, 1.165) is 12.1 Å². The average Bonchev–Trinajstić information content (AvgIpc) is 2.85. The van der Waals surface area contributed by atoms with E-state index in [1.165, 1.54) is 0 Å². The van der Waals surface area contributed by atoms with E-state index in [2.05, 4.69) is 15.6 Å². The highest BCUT2D eigenvalue weighted by Gasteiger charge is 2.20. The summed E-state index contributed by atoms with van der Waals surface area (Å²) in [5, 5.41) is 14.6. The number of halogens is 3. The van der Waals surface area contributed by atoms with Gasteiger partial charge in [-0.2, -0.15) is 0 Å². The zero-order chi connectivity index (χ0) is 24.2. The van der Waals surface area contributed by atoms with E-state index >= 15 is 0 Å². The number of anilines is 2. The van der Waals surface area contributed by atoms with E-state index in [0.29, 0.717) is 48.7 Å². The van der Waals surface area contributed by atoms with Crippen LogP contribution in [0.15, 0.2) is 30.5 Å². The Morgan fingerprint density at radius 3 is 2.56 bits per heavy atom. The Morgan fingerprint density at radius 1 is 1.18 bits per heavy atom. The SMILES string of the molecule is CC(Nc1cc(F)c(F)c(F)c1)c1cc(C(=O)NCCO)cc2ncc(N3CCOCC3)nc12. The Hall–Kier alpha value is -3.44. The molecule has 1 aromatic heterocycles. The van der Waals surface area contributed by atoms with Crippen molar-refractivity contribution in [3.63, 3.8) is 0 Å². The number of carbonyl (C=O) groups excluding carboxylic acids is 1. The van der Waals surface area contributed by atoms with Gasteiger partial charge in [-0.05, 0) is 19.1 Å². The maximum absolute atomic E-state index is 13.7. The smallest absolute Gasteiger partial charge is 0.251 e. The van der Waals surface area contributed by atoms with Gasteiger partial charge >= 0.3 is 0 Å². The number of nitrogens with zero attached hydrogens (tertiary/aromatic N) is 3. The quantitative estimate of drug-likeness (QED) is 0.452. The van der Waals surface area contributed by atoms with Crippen molar-refractivity contribution in [1.29, 1.82) is 0 Å². The van der Waals surface area contributed by atoms with Gasteiger partial charge in [-0.1, -0.05) is 0 Å². The number of rotatable bonds is 7. The van der Waals surface area contributed by atoms with Crippen LogP contribution in [0.4, 0.5) is 24.7 Å². The highest BCUT2D eigenvalue weighted by molar-refractivity contribution is 5.98. The summed E-state index contributed by atoms with van der Waals surface area (Å²) < 4.78 is 46.2. The van der Waals surface area contributed by atoms with Crippen LogP contribution in [0.1, 0.15) is 28.9 Å². The van der Waals surface area contributed by atoms with E-state index < -0.39 is 29.4 Å². The molecule has 180 valence electrons. The van der Waals surface area contributed by atoms with Crippen molar-refractivity contribution in [1.82, 2.24) is 15.3 Å². The van der Waals surface area contributed by atoms with Crippen LogP contribution in [0.25, 0.3) is 11.0 Å². The van der Waals surface area contributed by atoms with Crippen LogP contribution in [0.2, 0.25) is 0 Å². The second-order valence-corrected chi connectivity index (χ2v) is 7.86. The van der Waals surface area contributed by atoms with Crippen LogP contribution in [-0.2, 0) is 4.74 Å². The zero-order valence-electron chi connectivity index (χ0n) is 18.4. The van der Waals surface area contributed by atoms with Crippen molar-refractivity contribution in [3.8, 4) is 0 Å². The summed E-state index contributed by atoms with van der Waals surface area (Å²) in [7, 11) is 0. The Bertz CT molecular complexity index is 1180. The molecule has 11 heteroatoms. The first-order chi connectivity index (χ1) is 16.4. The fourth-order valence-electron chi connectivity index (χ4n) is 3.78. The average molecular weight is 475 g/mol. The molecule has 0 radical (unpaired) electrons. The molecule has 0 aliphatic carbocycles. The summed E-state index contributed by atoms with van der Waals surface area (Å²) in [6, 6.07) is 4.35. The van der Waals surface area contributed by atoms with Gasteiger partial charge in [0.2, 0.25) is 0 Å². The van der Waals surface area contributed by atoms with Crippen LogP contribution in [0.5, 0.6) is 0 Å². The fourth-order valence-corrected chi connectivity index (χ4v) is 3.78. The molecule has 34 heavy (non-hydrogen) atoms. The molecule has 1 atom stereocenters. The first kappa shape index (κ1) is 23.7. The molecule has 8 nitrogen and oxygen atoms in total. The number of amides is 1. The molecule has 3 aromatic rings. The molecule has 0 saturated carbocycles. The van der Waals surface area contributed by atoms with Gasteiger partial charge in [0.15, 0.2) is 17.5 Å². The number of aromatic nitrogens is 2. The summed E-state index contributed by atoms with van der Waals surface area (Å²) >= 11 is 0. The number of carbonyl (C=O) groups is 1. The third-order valence-electron chi connectivity index (χ3n) is 5.49. The lowest BCUT2D eigenvalue weighted by Gasteiger charge is -2.28. The molecule has 1 saturated heterocycles. The predicted molar refractivity (Wildman–Crippen MR) is 120 cm³/mol. The molecule has 1 amide bonds. The molecular formula is C23H24F3N5O3. The van der Waals surface area contributed by atoms with Crippen LogP contribution in [-0.4, -0.2) is 60.4 Å². The Kier molecular flexibility index (Phi) is 7.13. The molecule has 1 aliphatic heterocycles. The number of hydrogen-bond donors (Lipinski definition) is 3. The highest BCUT2D eigenvalue weighted by Crippen LogP contribution is 2.29. The van der Waals surface area contributed by atoms with E-state index in [4.69, 9.17) is 14.8 Å². The van der Waals surface area contributed by atoms with E-state index in [1.54, 1.807) is 25.3 Å². The number of fused-ring (bicyclic) bond motifs is 1. The van der Waals surface area contributed by atoms with Crippen molar-refractivity contribution in [2.45, 2.75) is 13.0 Å². The topological polar surface area (TPSA) is 99.6 Å². The van der Waals surface area contributed by atoms with Gasteiger partial charge in [0, 0.05) is 48.6 Å². The lowest BCUT2D eigenvalue weighted by molar-refractivity contribution is 0.0944. The third kappa shape index (κ3) is 5.05. The molecule has 2 heterocycles. The van der Waals surface area contributed by atoms with Gasteiger partial charge in [-0.15, -0.1) is 0 Å². The molecule has 3 N–H and O–H groups in total. The molecule has 1 unspecified atom stereocenters. The monoisotopic (exact) mass is 475 g/mol. The van der Waals surface area contributed by atoms with Gasteiger partial charge in [-0.3, -0.25) is 9.78 Å². The first-order valence-corrected chi connectivity index (χ1v) is 10.8. The van der Waals surface area contributed by atoms with Gasteiger partial charge in [-0.25, -0.2) is 18.2 Å². The summed E-state index contributed by atoms with van der Waals surface area (Å²) in [5.41, 5.74) is 1.83. The second-order valence-electron chi connectivity index (χ2n) is 7.86. The van der Waals surface area contributed by atoms with Gasteiger partial charge in [0.05, 0.1) is 43.1 Å². The number of ether oxygens (including phenoxy) is 1. The summed E-state index contributed by atoms with van der Waals surface area (Å²) in [6.45, 7) is 4.03. The Morgan fingerprint density at radius 2 is 1.88 bits per heavy atom. The summed E-state index contributed by atoms with van der Waals surface area (Å²) in [5.74, 6) is -3.95. The van der Waals surface area contributed by atoms with Crippen LogP contribution in [0.3, 0.4) is 0 Å². The minimum Gasteiger partial charge on any atom is -0.395 e. The number of aliphatic hydroxyl groups is 1. The second kappa shape index (κ2) is 10.2. The van der Waals surface area contributed by atoms with Crippen LogP contribution >= 0.6 is 0 Å². The molecule has 0 spiro atoms. The minimum absolute atomic E-state index is 0.0319. The fraction of sp³-hybridized carbons (Fsp3) is 0.348. The Labute approximate surface area is 193 Å². The van der Waals surface area contributed by atoms with Crippen LogP contribution in [0, 0.1) is 17.5 Å². The van der Waals surface area contributed by atoms with Crippen molar-refractivity contribution in [3.05, 3.63) is 59.0 Å². The molecular weight excluding hydrogens is 451 g/mol. The number of nitrogens with one attached hydrogen (secondary N) is 2.